The molecule has 3 aromatic rings. The minimum absolute atomic E-state index is 0.111. The fourth-order valence-corrected chi connectivity index (χ4v) is 4.81. The number of anilines is 2. The van der Waals surface area contributed by atoms with Crippen molar-refractivity contribution in [3.63, 3.8) is 0 Å². The fraction of sp³-hybridized carbons (Fsp3) is 0.190. The molecule has 1 heterocycles. The fourth-order valence-electron chi connectivity index (χ4n) is 3.24. The van der Waals surface area contributed by atoms with Crippen molar-refractivity contribution in [2.24, 2.45) is 0 Å². The molecule has 1 N–H and O–H groups in total. The van der Waals surface area contributed by atoms with Crippen molar-refractivity contribution in [2.75, 3.05) is 28.5 Å². The van der Waals surface area contributed by atoms with E-state index in [1.54, 1.807) is 24.3 Å². The SMILES string of the molecule is O=C(COc1ccc2ccccc2c1)Nc1ccc(N2CCCS2(=O)=O)cc1. The van der Waals surface area contributed by atoms with Gasteiger partial charge in [0, 0.05) is 12.2 Å². The molecule has 1 aliphatic rings. The van der Waals surface area contributed by atoms with E-state index < -0.39 is 10.0 Å². The van der Waals surface area contributed by atoms with Gasteiger partial charge in [-0.1, -0.05) is 30.3 Å². The van der Waals surface area contributed by atoms with Gasteiger partial charge in [-0.2, -0.15) is 0 Å². The molecule has 0 atom stereocenters. The van der Waals surface area contributed by atoms with Crippen molar-refractivity contribution >= 4 is 38.1 Å². The van der Waals surface area contributed by atoms with Crippen molar-refractivity contribution in [3.05, 3.63) is 66.7 Å². The van der Waals surface area contributed by atoms with Gasteiger partial charge in [0.05, 0.1) is 11.4 Å². The van der Waals surface area contributed by atoms with Gasteiger partial charge < -0.3 is 10.1 Å². The normalized spacial score (nSPS) is 15.5. The van der Waals surface area contributed by atoms with E-state index in [1.807, 2.05) is 42.5 Å². The third-order valence-corrected chi connectivity index (χ3v) is 6.50. The summed E-state index contributed by atoms with van der Waals surface area (Å²) in [6.07, 6.45) is 0.632. The quantitative estimate of drug-likeness (QED) is 0.717. The Balaban J connectivity index is 1.35. The Hall–Kier alpha value is -3.06. The van der Waals surface area contributed by atoms with E-state index in [1.165, 1.54) is 4.31 Å². The number of benzene rings is 3. The van der Waals surface area contributed by atoms with Crippen molar-refractivity contribution in [1.29, 1.82) is 0 Å². The van der Waals surface area contributed by atoms with E-state index in [0.717, 1.165) is 10.8 Å². The zero-order chi connectivity index (χ0) is 19.6. The number of fused-ring (bicyclic) bond motifs is 1. The summed E-state index contributed by atoms with van der Waals surface area (Å²) in [5, 5.41) is 4.92. The second-order valence-corrected chi connectivity index (χ2v) is 8.65. The van der Waals surface area contributed by atoms with Gasteiger partial charge in [-0.05, 0) is 53.6 Å². The first-order valence-corrected chi connectivity index (χ1v) is 10.6. The number of amides is 1. The zero-order valence-electron chi connectivity index (χ0n) is 15.2. The Labute approximate surface area is 163 Å². The second kappa shape index (κ2) is 7.52. The number of nitrogens with zero attached hydrogens (tertiary/aromatic N) is 1. The number of carbonyl (C=O) groups excluding carboxylic acids is 1. The van der Waals surface area contributed by atoms with Gasteiger partial charge in [0.15, 0.2) is 6.61 Å². The van der Waals surface area contributed by atoms with Crippen LogP contribution < -0.4 is 14.4 Å². The highest BCUT2D eigenvalue weighted by molar-refractivity contribution is 7.93. The van der Waals surface area contributed by atoms with Crippen molar-refractivity contribution in [2.45, 2.75) is 6.42 Å². The molecule has 144 valence electrons. The van der Waals surface area contributed by atoms with Crippen molar-refractivity contribution < 1.29 is 17.9 Å². The van der Waals surface area contributed by atoms with Gasteiger partial charge >= 0.3 is 0 Å². The van der Waals surface area contributed by atoms with E-state index in [9.17, 15) is 13.2 Å². The summed E-state index contributed by atoms with van der Waals surface area (Å²) in [6, 6.07) is 20.4. The number of ether oxygens (including phenoxy) is 1. The Morgan fingerprint density at radius 1 is 1.00 bits per heavy atom. The summed E-state index contributed by atoms with van der Waals surface area (Å²) in [5.41, 5.74) is 1.20. The topological polar surface area (TPSA) is 75.7 Å². The van der Waals surface area contributed by atoms with E-state index in [0.29, 0.717) is 30.1 Å². The molecule has 1 amide bonds. The van der Waals surface area contributed by atoms with Crippen LogP contribution in [0.1, 0.15) is 6.42 Å². The number of sulfonamides is 1. The van der Waals surface area contributed by atoms with Crippen LogP contribution in [0, 0.1) is 0 Å². The monoisotopic (exact) mass is 396 g/mol. The summed E-state index contributed by atoms with van der Waals surface area (Å²) in [7, 11) is -3.21. The second-order valence-electron chi connectivity index (χ2n) is 6.63. The molecule has 6 nitrogen and oxygen atoms in total. The summed E-state index contributed by atoms with van der Waals surface area (Å²) < 4.78 is 30.9. The molecule has 1 aliphatic heterocycles. The standard InChI is InChI=1S/C21H20N2O4S/c24-21(15-27-20-11-6-16-4-1-2-5-17(16)14-20)22-18-7-9-19(10-8-18)23-12-3-13-28(23,25)26/h1-2,4-11,14H,3,12-13,15H2,(H,22,24). The molecule has 0 aliphatic carbocycles. The molecule has 4 rings (SSSR count). The molecular formula is C21H20N2O4S. The van der Waals surface area contributed by atoms with Crippen LogP contribution in [-0.2, 0) is 14.8 Å². The van der Waals surface area contributed by atoms with Crippen LogP contribution in [0.3, 0.4) is 0 Å². The molecular weight excluding hydrogens is 376 g/mol. The largest absolute Gasteiger partial charge is 0.484 e. The maximum absolute atomic E-state index is 12.2. The van der Waals surface area contributed by atoms with E-state index >= 15 is 0 Å². The van der Waals surface area contributed by atoms with Gasteiger partial charge in [-0.3, -0.25) is 9.10 Å². The lowest BCUT2D eigenvalue weighted by atomic mass is 10.1. The van der Waals surface area contributed by atoms with Crippen LogP contribution in [-0.4, -0.2) is 33.2 Å². The minimum atomic E-state index is -3.21. The number of hydrogen-bond acceptors (Lipinski definition) is 4. The van der Waals surface area contributed by atoms with Crippen LogP contribution >= 0.6 is 0 Å². The van der Waals surface area contributed by atoms with Crippen LogP contribution in [0.15, 0.2) is 66.7 Å². The molecule has 1 saturated heterocycles. The molecule has 28 heavy (non-hydrogen) atoms. The maximum atomic E-state index is 12.2. The highest BCUT2D eigenvalue weighted by atomic mass is 32.2. The molecule has 3 aromatic carbocycles. The van der Waals surface area contributed by atoms with E-state index in [4.69, 9.17) is 4.74 Å². The Kier molecular flexibility index (Phi) is 4.92. The maximum Gasteiger partial charge on any atom is 0.262 e. The molecule has 7 heteroatoms. The lowest BCUT2D eigenvalue weighted by Crippen LogP contribution is -2.25. The van der Waals surface area contributed by atoms with Gasteiger partial charge in [0.1, 0.15) is 5.75 Å². The third-order valence-electron chi connectivity index (χ3n) is 4.63. The minimum Gasteiger partial charge on any atom is -0.484 e. The summed E-state index contributed by atoms with van der Waals surface area (Å²) in [5.74, 6) is 0.524. The number of rotatable bonds is 5. The van der Waals surface area contributed by atoms with Crippen LogP contribution in [0.25, 0.3) is 10.8 Å². The summed E-state index contributed by atoms with van der Waals surface area (Å²) in [6.45, 7) is 0.383. The number of hydrogen-bond donors (Lipinski definition) is 1. The highest BCUT2D eigenvalue weighted by Gasteiger charge is 2.28. The van der Waals surface area contributed by atoms with Gasteiger partial charge in [-0.15, -0.1) is 0 Å². The number of carbonyl (C=O) groups is 1. The van der Waals surface area contributed by atoms with Crippen molar-refractivity contribution in [3.8, 4) is 5.75 Å². The predicted molar refractivity (Wildman–Crippen MR) is 110 cm³/mol. The average Bonchev–Trinajstić information content (AvgIpc) is 3.06. The molecule has 0 bridgehead atoms. The lowest BCUT2D eigenvalue weighted by Gasteiger charge is -2.17. The molecule has 0 radical (unpaired) electrons. The van der Waals surface area contributed by atoms with Crippen LogP contribution in [0.4, 0.5) is 11.4 Å². The highest BCUT2D eigenvalue weighted by Crippen LogP contribution is 2.25. The Morgan fingerprint density at radius 2 is 1.75 bits per heavy atom. The average molecular weight is 396 g/mol. The summed E-state index contributed by atoms with van der Waals surface area (Å²) in [4.78, 5) is 12.2. The first-order valence-electron chi connectivity index (χ1n) is 9.03. The van der Waals surface area contributed by atoms with E-state index in [-0.39, 0.29) is 18.3 Å². The van der Waals surface area contributed by atoms with E-state index in [2.05, 4.69) is 5.32 Å². The van der Waals surface area contributed by atoms with Crippen LogP contribution in [0.5, 0.6) is 5.75 Å². The number of nitrogens with one attached hydrogen (secondary N) is 1. The first-order chi connectivity index (χ1) is 13.5. The zero-order valence-corrected chi connectivity index (χ0v) is 16.0. The predicted octanol–water partition coefficient (Wildman–Crippen LogP) is 3.40. The molecule has 0 aromatic heterocycles. The van der Waals surface area contributed by atoms with Crippen LogP contribution in [0.2, 0.25) is 0 Å². The molecule has 0 spiro atoms. The molecule has 0 unspecified atom stereocenters. The summed E-state index contributed by atoms with van der Waals surface area (Å²) >= 11 is 0. The van der Waals surface area contributed by atoms with Gasteiger partial charge in [0.25, 0.3) is 5.91 Å². The first kappa shape index (κ1) is 18.3. The third kappa shape index (κ3) is 3.94. The molecule has 1 fully saturated rings. The lowest BCUT2D eigenvalue weighted by molar-refractivity contribution is -0.118. The van der Waals surface area contributed by atoms with Gasteiger partial charge in [0.2, 0.25) is 10.0 Å². The van der Waals surface area contributed by atoms with Gasteiger partial charge in [-0.25, -0.2) is 8.42 Å². The smallest absolute Gasteiger partial charge is 0.262 e. The Morgan fingerprint density at radius 3 is 2.46 bits per heavy atom. The van der Waals surface area contributed by atoms with Crippen molar-refractivity contribution in [1.82, 2.24) is 0 Å². The molecule has 0 saturated carbocycles. The Bertz CT molecular complexity index is 1110.